The zero-order chi connectivity index (χ0) is 17.1. The number of nitrogens with one attached hydrogen (secondary N) is 1. The van der Waals surface area contributed by atoms with Crippen LogP contribution in [-0.4, -0.2) is 35.9 Å². The number of alkyl halides is 3. The highest BCUT2D eigenvalue weighted by Gasteiger charge is 2.51. The van der Waals surface area contributed by atoms with E-state index in [0.717, 1.165) is 0 Å². The molecule has 1 atom stereocenters. The van der Waals surface area contributed by atoms with E-state index in [4.69, 9.17) is 0 Å². The molecule has 0 unspecified atom stereocenters. The van der Waals surface area contributed by atoms with Gasteiger partial charge in [0.2, 0.25) is 5.91 Å². The SMILES string of the molecule is COC(=O)c1ccc(C)c(NC(=O)C[C@](C)(O)C(F)(F)F)c1. The van der Waals surface area contributed by atoms with E-state index in [1.165, 1.54) is 25.3 Å². The fourth-order valence-corrected chi connectivity index (χ4v) is 1.61. The molecule has 0 saturated heterocycles. The summed E-state index contributed by atoms with van der Waals surface area (Å²) in [5.41, 5.74) is -2.27. The Morgan fingerprint density at radius 2 is 1.91 bits per heavy atom. The average Bonchev–Trinajstić information content (AvgIpc) is 2.38. The number of hydrogen-bond donors (Lipinski definition) is 2. The Bertz CT molecular complexity index is 582. The van der Waals surface area contributed by atoms with Crippen molar-refractivity contribution in [2.45, 2.75) is 32.0 Å². The van der Waals surface area contributed by atoms with Crippen LogP contribution in [0.15, 0.2) is 18.2 Å². The van der Waals surface area contributed by atoms with E-state index in [0.29, 0.717) is 12.5 Å². The summed E-state index contributed by atoms with van der Waals surface area (Å²) in [5.74, 6) is -1.66. The van der Waals surface area contributed by atoms with Gasteiger partial charge >= 0.3 is 12.1 Å². The van der Waals surface area contributed by atoms with E-state index in [1.54, 1.807) is 6.92 Å². The maximum Gasteiger partial charge on any atom is 0.417 e. The molecule has 1 rings (SSSR count). The lowest BCUT2D eigenvalue weighted by molar-refractivity contribution is -0.252. The van der Waals surface area contributed by atoms with Crippen molar-refractivity contribution in [2.24, 2.45) is 0 Å². The summed E-state index contributed by atoms with van der Waals surface area (Å²) in [4.78, 5) is 23.1. The van der Waals surface area contributed by atoms with Crippen LogP contribution >= 0.6 is 0 Å². The Hall–Kier alpha value is -2.09. The number of esters is 1. The molecule has 0 bridgehead atoms. The Morgan fingerprint density at radius 1 is 1.32 bits per heavy atom. The molecule has 0 aromatic heterocycles. The maximum absolute atomic E-state index is 12.5. The molecule has 0 spiro atoms. The zero-order valence-corrected chi connectivity index (χ0v) is 12.2. The van der Waals surface area contributed by atoms with Crippen LogP contribution in [0, 0.1) is 6.92 Å². The number of ether oxygens (including phenoxy) is 1. The summed E-state index contributed by atoms with van der Waals surface area (Å²) in [6.07, 6.45) is -6.08. The maximum atomic E-state index is 12.5. The Labute approximate surface area is 125 Å². The van der Waals surface area contributed by atoms with Gasteiger partial charge < -0.3 is 15.2 Å². The van der Waals surface area contributed by atoms with E-state index in [1.807, 2.05) is 0 Å². The molecule has 1 aromatic rings. The number of aliphatic hydroxyl groups is 1. The van der Waals surface area contributed by atoms with E-state index in [-0.39, 0.29) is 11.3 Å². The Balaban J connectivity index is 2.91. The summed E-state index contributed by atoms with van der Waals surface area (Å²) in [6, 6.07) is 4.27. The first-order chi connectivity index (χ1) is 9.98. The van der Waals surface area contributed by atoms with E-state index in [9.17, 15) is 27.9 Å². The second kappa shape index (κ2) is 6.35. The van der Waals surface area contributed by atoms with Crippen LogP contribution in [0.25, 0.3) is 0 Å². The molecule has 5 nitrogen and oxygen atoms in total. The molecule has 0 heterocycles. The van der Waals surface area contributed by atoms with Gasteiger partial charge in [0.15, 0.2) is 5.60 Å². The molecule has 0 aliphatic carbocycles. The Morgan fingerprint density at radius 3 is 2.41 bits per heavy atom. The van der Waals surface area contributed by atoms with Crippen LogP contribution in [0.3, 0.4) is 0 Å². The number of carbonyl (C=O) groups excluding carboxylic acids is 2. The van der Waals surface area contributed by atoms with Crippen molar-refractivity contribution < 1.29 is 32.6 Å². The third-order valence-corrected chi connectivity index (χ3v) is 3.05. The molecule has 22 heavy (non-hydrogen) atoms. The van der Waals surface area contributed by atoms with Crippen molar-refractivity contribution in [1.29, 1.82) is 0 Å². The van der Waals surface area contributed by atoms with Crippen molar-refractivity contribution in [1.82, 2.24) is 0 Å². The molecule has 1 amide bonds. The van der Waals surface area contributed by atoms with Gasteiger partial charge in [-0.3, -0.25) is 4.79 Å². The minimum absolute atomic E-state index is 0.144. The highest BCUT2D eigenvalue weighted by atomic mass is 19.4. The first-order valence-electron chi connectivity index (χ1n) is 6.26. The minimum Gasteiger partial charge on any atom is -0.465 e. The molecule has 1 aromatic carbocycles. The number of carbonyl (C=O) groups is 2. The van der Waals surface area contributed by atoms with Gasteiger partial charge in [0.1, 0.15) is 0 Å². The lowest BCUT2D eigenvalue weighted by Gasteiger charge is -2.25. The van der Waals surface area contributed by atoms with Crippen LogP contribution in [-0.2, 0) is 9.53 Å². The molecule has 122 valence electrons. The van der Waals surface area contributed by atoms with Gasteiger partial charge in [0, 0.05) is 5.69 Å². The normalized spacial score (nSPS) is 14.1. The largest absolute Gasteiger partial charge is 0.465 e. The zero-order valence-electron chi connectivity index (χ0n) is 12.2. The second-order valence-electron chi connectivity index (χ2n) is 5.02. The molecule has 0 aliphatic rings. The van der Waals surface area contributed by atoms with Gasteiger partial charge in [-0.05, 0) is 31.5 Å². The monoisotopic (exact) mass is 319 g/mol. The molecule has 0 saturated carbocycles. The van der Waals surface area contributed by atoms with E-state index < -0.39 is 30.1 Å². The van der Waals surface area contributed by atoms with Crippen LogP contribution < -0.4 is 5.32 Å². The van der Waals surface area contributed by atoms with Gasteiger partial charge in [-0.15, -0.1) is 0 Å². The summed E-state index contributed by atoms with van der Waals surface area (Å²) in [5, 5.41) is 11.5. The number of aryl methyl sites for hydroxylation is 1. The van der Waals surface area contributed by atoms with Gasteiger partial charge in [0.25, 0.3) is 0 Å². The predicted octanol–water partition coefficient (Wildman–Crippen LogP) is 2.42. The summed E-state index contributed by atoms with van der Waals surface area (Å²) >= 11 is 0. The van der Waals surface area contributed by atoms with E-state index in [2.05, 4.69) is 10.1 Å². The average molecular weight is 319 g/mol. The molecule has 0 fully saturated rings. The lowest BCUT2D eigenvalue weighted by Crippen LogP contribution is -2.44. The second-order valence-corrected chi connectivity index (χ2v) is 5.02. The quantitative estimate of drug-likeness (QED) is 0.836. The third-order valence-electron chi connectivity index (χ3n) is 3.05. The first-order valence-corrected chi connectivity index (χ1v) is 6.26. The molecule has 0 radical (unpaired) electrons. The van der Waals surface area contributed by atoms with Crippen molar-refractivity contribution in [3.63, 3.8) is 0 Å². The highest BCUT2D eigenvalue weighted by molar-refractivity contribution is 5.95. The number of methoxy groups -OCH3 is 1. The van der Waals surface area contributed by atoms with Gasteiger partial charge in [-0.2, -0.15) is 13.2 Å². The number of hydrogen-bond acceptors (Lipinski definition) is 4. The van der Waals surface area contributed by atoms with Crippen LogP contribution in [0.4, 0.5) is 18.9 Å². The first kappa shape index (κ1) is 18.0. The fourth-order valence-electron chi connectivity index (χ4n) is 1.61. The highest BCUT2D eigenvalue weighted by Crippen LogP contribution is 2.33. The van der Waals surface area contributed by atoms with Crippen molar-refractivity contribution >= 4 is 17.6 Å². The van der Waals surface area contributed by atoms with E-state index >= 15 is 0 Å². The predicted molar refractivity (Wildman–Crippen MR) is 72.4 cm³/mol. The van der Waals surface area contributed by atoms with Crippen molar-refractivity contribution in [3.05, 3.63) is 29.3 Å². The van der Waals surface area contributed by atoms with Crippen molar-refractivity contribution in [2.75, 3.05) is 12.4 Å². The third kappa shape index (κ3) is 4.20. The molecule has 0 aliphatic heterocycles. The number of benzene rings is 1. The lowest BCUT2D eigenvalue weighted by atomic mass is 10.0. The summed E-state index contributed by atoms with van der Waals surface area (Å²) < 4.78 is 42.1. The molecule has 8 heteroatoms. The van der Waals surface area contributed by atoms with Crippen LogP contribution in [0.5, 0.6) is 0 Å². The molecule has 2 N–H and O–H groups in total. The fraction of sp³-hybridized carbons (Fsp3) is 0.429. The van der Waals surface area contributed by atoms with Crippen molar-refractivity contribution in [3.8, 4) is 0 Å². The number of anilines is 1. The van der Waals surface area contributed by atoms with Crippen LogP contribution in [0.2, 0.25) is 0 Å². The molecular formula is C14H16F3NO4. The molecular weight excluding hydrogens is 303 g/mol. The summed E-state index contributed by atoms with van der Waals surface area (Å²) in [6.45, 7) is 2.13. The Kier molecular flexibility index (Phi) is 5.18. The topological polar surface area (TPSA) is 75.6 Å². The number of rotatable bonds is 4. The van der Waals surface area contributed by atoms with Crippen LogP contribution in [0.1, 0.15) is 29.3 Å². The summed E-state index contributed by atoms with van der Waals surface area (Å²) in [7, 11) is 1.18. The minimum atomic E-state index is -4.92. The van der Waals surface area contributed by atoms with Gasteiger partial charge in [-0.1, -0.05) is 6.07 Å². The van der Waals surface area contributed by atoms with Gasteiger partial charge in [-0.25, -0.2) is 4.79 Å². The number of amides is 1. The standard InChI is InChI=1S/C14H16F3NO4/c1-8-4-5-9(12(20)22-3)6-10(8)18-11(19)7-13(2,21)14(15,16)17/h4-6,21H,7H2,1-3H3,(H,18,19)/t13-/m0/s1. The smallest absolute Gasteiger partial charge is 0.417 e. The number of halogens is 3. The van der Waals surface area contributed by atoms with Gasteiger partial charge in [0.05, 0.1) is 19.1 Å².